The summed E-state index contributed by atoms with van der Waals surface area (Å²) in [6.07, 6.45) is 89.2. The Morgan fingerprint density at radius 3 is 0.861 bits per heavy atom. The summed E-state index contributed by atoms with van der Waals surface area (Å²) in [5.74, 6) is -0.973. The molecule has 1 unspecified atom stereocenters. The highest BCUT2D eigenvalue weighted by Crippen LogP contribution is 2.17. The third-order valence-electron chi connectivity index (χ3n) is 14.9. The minimum absolute atomic E-state index is 0.0974. The normalized spacial score (nSPS) is 12.6. The van der Waals surface area contributed by atoms with E-state index in [1.807, 2.05) is 6.08 Å². The number of hydrogen-bond acceptors (Lipinski definition) is 6. The van der Waals surface area contributed by atoms with Crippen LogP contribution in [0.3, 0.4) is 0 Å². The highest BCUT2D eigenvalue weighted by molar-refractivity contribution is 5.71. The van der Waals surface area contributed by atoms with Crippen LogP contribution in [0.15, 0.2) is 85.1 Å². The first-order valence-corrected chi connectivity index (χ1v) is 34.1. The maximum Gasteiger partial charge on any atom is 0.306 e. The Morgan fingerprint density at radius 2 is 0.519 bits per heavy atom. The van der Waals surface area contributed by atoms with Gasteiger partial charge >= 0.3 is 17.9 Å². The van der Waals surface area contributed by atoms with Gasteiger partial charge in [-0.25, -0.2) is 0 Å². The molecule has 0 rings (SSSR count). The Labute approximate surface area is 490 Å². The van der Waals surface area contributed by atoms with Crippen LogP contribution in [0.5, 0.6) is 0 Å². The molecule has 0 amide bonds. The fourth-order valence-corrected chi connectivity index (χ4v) is 9.78. The van der Waals surface area contributed by atoms with Crippen molar-refractivity contribution in [2.75, 3.05) is 13.2 Å². The molecule has 0 aliphatic heterocycles. The number of hydrogen-bond donors (Lipinski definition) is 0. The van der Waals surface area contributed by atoms with Crippen molar-refractivity contribution in [2.45, 2.75) is 348 Å². The van der Waals surface area contributed by atoms with Gasteiger partial charge in [0.2, 0.25) is 0 Å². The van der Waals surface area contributed by atoms with E-state index in [9.17, 15) is 14.4 Å². The molecular formula is C73H128O6. The number of allylic oxidation sites excluding steroid dienone is 14. The highest BCUT2D eigenvalue weighted by Gasteiger charge is 2.19. The van der Waals surface area contributed by atoms with Crippen molar-refractivity contribution in [1.82, 2.24) is 0 Å². The minimum Gasteiger partial charge on any atom is -0.462 e. The first kappa shape index (κ1) is 75.6. The first-order valence-electron chi connectivity index (χ1n) is 34.1. The van der Waals surface area contributed by atoms with E-state index in [-0.39, 0.29) is 37.5 Å². The molecule has 0 saturated carbocycles. The second-order valence-corrected chi connectivity index (χ2v) is 22.7. The van der Waals surface area contributed by atoms with Gasteiger partial charge in [-0.1, -0.05) is 305 Å². The van der Waals surface area contributed by atoms with Gasteiger partial charge in [0, 0.05) is 19.3 Å². The molecule has 0 spiro atoms. The maximum absolute atomic E-state index is 12.9. The molecule has 0 heterocycles. The highest BCUT2D eigenvalue weighted by atomic mass is 16.6. The largest absolute Gasteiger partial charge is 0.462 e. The van der Waals surface area contributed by atoms with Gasteiger partial charge in [0.1, 0.15) is 13.2 Å². The Bertz CT molecular complexity index is 1500. The van der Waals surface area contributed by atoms with Crippen molar-refractivity contribution in [1.29, 1.82) is 0 Å². The molecule has 0 N–H and O–H groups in total. The van der Waals surface area contributed by atoms with Gasteiger partial charge in [-0.05, 0) is 103 Å². The lowest BCUT2D eigenvalue weighted by atomic mass is 10.0. The average Bonchev–Trinajstić information content (AvgIpc) is 3.45. The zero-order valence-corrected chi connectivity index (χ0v) is 52.4. The van der Waals surface area contributed by atoms with Crippen LogP contribution in [0.4, 0.5) is 0 Å². The van der Waals surface area contributed by atoms with E-state index in [0.717, 1.165) is 70.6 Å². The summed E-state index contributed by atoms with van der Waals surface area (Å²) < 4.78 is 16.9. The monoisotopic (exact) mass is 1100 g/mol. The third kappa shape index (κ3) is 65.3. The molecule has 6 heteroatoms. The van der Waals surface area contributed by atoms with E-state index in [1.165, 1.54) is 225 Å². The summed E-state index contributed by atoms with van der Waals surface area (Å²) in [5.41, 5.74) is 0. The zero-order valence-electron chi connectivity index (χ0n) is 52.4. The molecule has 1 atom stereocenters. The smallest absolute Gasteiger partial charge is 0.306 e. The molecule has 0 radical (unpaired) electrons. The number of esters is 3. The van der Waals surface area contributed by atoms with E-state index in [4.69, 9.17) is 14.2 Å². The lowest BCUT2D eigenvalue weighted by Gasteiger charge is -2.18. The Morgan fingerprint density at radius 1 is 0.266 bits per heavy atom. The number of carbonyl (C=O) groups is 3. The van der Waals surface area contributed by atoms with Crippen LogP contribution in [-0.2, 0) is 28.6 Å². The van der Waals surface area contributed by atoms with Crippen LogP contribution in [0.2, 0.25) is 0 Å². The molecule has 0 aliphatic carbocycles. The van der Waals surface area contributed by atoms with Crippen LogP contribution in [-0.4, -0.2) is 37.2 Å². The van der Waals surface area contributed by atoms with Gasteiger partial charge in [0.05, 0.1) is 0 Å². The predicted octanol–water partition coefficient (Wildman–Crippen LogP) is 23.4. The number of carbonyl (C=O) groups excluding carboxylic acids is 3. The standard InChI is InChI=1S/C73H128O6/c1-4-7-10-13-16-19-22-25-27-29-30-31-32-33-34-35-36-37-38-39-40-41-42-44-45-48-51-54-57-60-63-66-72(75)78-69-70(68-77-71(74)65-62-59-56-53-50-47-24-21-18-15-12-9-6-3)79-73(76)67-64-61-58-55-52-49-46-43-28-26-23-20-17-14-11-8-5-2/h9,12,18,21-22,25-26,28-30,47,50,56,59,70H,4-8,10-11,13-17,19-20,23-24,27,31-46,48-49,51-55,57-58,60-69H2,1-3H3/b12-9-,21-18-,25-22-,28-26-,30-29-,50-47-,59-56-. The number of ether oxygens (including phenoxy) is 3. The zero-order chi connectivity index (χ0) is 57.1. The van der Waals surface area contributed by atoms with Gasteiger partial charge in [-0.3, -0.25) is 14.4 Å². The molecule has 0 bridgehead atoms. The second kappa shape index (κ2) is 67.1. The second-order valence-electron chi connectivity index (χ2n) is 22.7. The molecule has 0 fully saturated rings. The van der Waals surface area contributed by atoms with Gasteiger partial charge in [-0.2, -0.15) is 0 Å². The summed E-state index contributed by atoms with van der Waals surface area (Å²) in [6.45, 7) is 6.48. The molecular weight excluding hydrogens is 973 g/mol. The van der Waals surface area contributed by atoms with Gasteiger partial charge < -0.3 is 14.2 Å². The molecule has 0 saturated heterocycles. The van der Waals surface area contributed by atoms with Crippen molar-refractivity contribution >= 4 is 17.9 Å². The minimum atomic E-state index is -0.807. The Kier molecular flexibility index (Phi) is 64.2. The predicted molar refractivity (Wildman–Crippen MR) is 344 cm³/mol. The van der Waals surface area contributed by atoms with Crippen LogP contribution >= 0.6 is 0 Å². The van der Waals surface area contributed by atoms with E-state index in [2.05, 4.69) is 99.8 Å². The Hall–Kier alpha value is -3.41. The summed E-state index contributed by atoms with van der Waals surface area (Å²) in [7, 11) is 0. The average molecular weight is 1100 g/mol. The van der Waals surface area contributed by atoms with Gasteiger partial charge in [-0.15, -0.1) is 0 Å². The van der Waals surface area contributed by atoms with Crippen LogP contribution in [0.25, 0.3) is 0 Å². The topological polar surface area (TPSA) is 78.9 Å². The van der Waals surface area contributed by atoms with E-state index >= 15 is 0 Å². The lowest BCUT2D eigenvalue weighted by Crippen LogP contribution is -2.30. The van der Waals surface area contributed by atoms with Crippen molar-refractivity contribution < 1.29 is 28.6 Å². The molecule has 0 aromatic carbocycles. The fourth-order valence-electron chi connectivity index (χ4n) is 9.78. The van der Waals surface area contributed by atoms with Crippen molar-refractivity contribution in [3.63, 3.8) is 0 Å². The van der Waals surface area contributed by atoms with E-state index < -0.39 is 6.10 Å². The van der Waals surface area contributed by atoms with Crippen LogP contribution in [0, 0.1) is 0 Å². The third-order valence-corrected chi connectivity index (χ3v) is 14.9. The van der Waals surface area contributed by atoms with Crippen molar-refractivity contribution in [3.05, 3.63) is 85.1 Å². The SMILES string of the molecule is CC/C=C\C/C=C\C/C=C\C/C=C\CCC(=O)OCC(COC(=O)CCCCCCCCCCCCCCCCCCCCC/C=C\C/C=C\CCCCCCC)OC(=O)CCCCCCCCC/C=C\CCCCCCCC. The quantitative estimate of drug-likeness (QED) is 0.0261. The molecule has 0 aromatic heterocycles. The van der Waals surface area contributed by atoms with Crippen molar-refractivity contribution in [3.8, 4) is 0 Å². The van der Waals surface area contributed by atoms with Crippen LogP contribution in [0.1, 0.15) is 342 Å². The molecule has 0 aromatic rings. The van der Waals surface area contributed by atoms with Crippen molar-refractivity contribution in [2.24, 2.45) is 0 Å². The van der Waals surface area contributed by atoms with E-state index in [1.54, 1.807) is 0 Å². The maximum atomic E-state index is 12.9. The summed E-state index contributed by atoms with van der Waals surface area (Å²) >= 11 is 0. The molecule has 79 heavy (non-hydrogen) atoms. The summed E-state index contributed by atoms with van der Waals surface area (Å²) in [4.78, 5) is 38.3. The lowest BCUT2D eigenvalue weighted by molar-refractivity contribution is -0.166. The fraction of sp³-hybridized carbons (Fsp3) is 0.767. The van der Waals surface area contributed by atoms with Gasteiger partial charge in [0.25, 0.3) is 0 Å². The van der Waals surface area contributed by atoms with Gasteiger partial charge in [0.15, 0.2) is 6.10 Å². The molecule has 0 aliphatic rings. The number of rotatable bonds is 62. The molecule has 6 nitrogen and oxygen atoms in total. The summed E-state index contributed by atoms with van der Waals surface area (Å²) in [5, 5.41) is 0. The van der Waals surface area contributed by atoms with Crippen LogP contribution < -0.4 is 0 Å². The van der Waals surface area contributed by atoms with E-state index in [0.29, 0.717) is 19.3 Å². The first-order chi connectivity index (χ1) is 39.0. The summed E-state index contributed by atoms with van der Waals surface area (Å²) in [6, 6.07) is 0. The Balaban J connectivity index is 4.21. The number of unbranched alkanes of at least 4 members (excludes halogenated alkanes) is 37. The molecule has 456 valence electrons.